The summed E-state index contributed by atoms with van der Waals surface area (Å²) in [6, 6.07) is 0.677. The van der Waals surface area contributed by atoms with Crippen LogP contribution in [0.3, 0.4) is 0 Å². The third kappa shape index (κ3) is 1.14. The first-order valence-corrected chi connectivity index (χ1v) is 5.02. The molecular weight excluding hydrogens is 138 g/mol. The van der Waals surface area contributed by atoms with Gasteiger partial charge in [0.25, 0.3) is 0 Å². The molecule has 2 unspecified atom stereocenters. The van der Waals surface area contributed by atoms with Gasteiger partial charge in [0.15, 0.2) is 6.04 Å². The van der Waals surface area contributed by atoms with E-state index in [9.17, 15) is 0 Å². The van der Waals surface area contributed by atoms with E-state index in [2.05, 4.69) is 24.1 Å². The Hall–Kier alpha value is 0.240. The zero-order chi connectivity index (χ0) is 6.15. The standard InChI is InChI=1S/C5H10NS2/c1-5-3-8(7)4-6(5)2/h4-5H,3H2,1-2H3/q+1. The van der Waals surface area contributed by atoms with Crippen molar-refractivity contribution in [2.24, 2.45) is 0 Å². The highest BCUT2D eigenvalue weighted by Gasteiger charge is 2.19. The van der Waals surface area contributed by atoms with Crippen LogP contribution in [0.15, 0.2) is 0 Å². The van der Waals surface area contributed by atoms with Crippen LogP contribution in [0.5, 0.6) is 0 Å². The maximum atomic E-state index is 5.09. The largest absolute Gasteiger partial charge is 0.230 e. The minimum absolute atomic E-state index is 0.151. The number of hydrogen-bond acceptors (Lipinski definition) is 1. The third-order valence-corrected chi connectivity index (χ3v) is 3.43. The first-order chi connectivity index (χ1) is 3.70. The second-order valence-electron chi connectivity index (χ2n) is 2.17. The van der Waals surface area contributed by atoms with E-state index >= 15 is 0 Å². The molecule has 0 radical (unpaired) electrons. The highest BCUT2D eigenvalue weighted by atomic mass is 32.8. The van der Waals surface area contributed by atoms with Gasteiger partial charge in [-0.3, -0.25) is 0 Å². The fraction of sp³-hybridized carbons (Fsp3) is 0.800. The van der Waals surface area contributed by atoms with Crippen molar-refractivity contribution in [3.05, 3.63) is 0 Å². The zero-order valence-corrected chi connectivity index (χ0v) is 6.76. The third-order valence-electron chi connectivity index (χ3n) is 1.38. The van der Waals surface area contributed by atoms with E-state index in [0.717, 1.165) is 0 Å². The van der Waals surface area contributed by atoms with Crippen LogP contribution in [0, 0.1) is 0 Å². The fourth-order valence-corrected chi connectivity index (χ4v) is 3.06. The Morgan fingerprint density at radius 2 is 2.50 bits per heavy atom. The smallest absolute Gasteiger partial charge is 0.202 e. The van der Waals surface area contributed by atoms with Crippen molar-refractivity contribution < 1.29 is 4.58 Å². The van der Waals surface area contributed by atoms with E-state index in [0.29, 0.717) is 6.04 Å². The highest BCUT2D eigenvalue weighted by molar-refractivity contribution is 8.36. The Balaban J connectivity index is 2.73. The van der Waals surface area contributed by atoms with Crippen molar-refractivity contribution in [3.63, 3.8) is 0 Å². The Kier molecular flexibility index (Phi) is 1.77. The molecule has 3 heteroatoms. The lowest BCUT2D eigenvalue weighted by Gasteiger charge is -1.93. The van der Waals surface area contributed by atoms with Gasteiger partial charge >= 0.3 is 0 Å². The van der Waals surface area contributed by atoms with Gasteiger partial charge < -0.3 is 0 Å². The van der Waals surface area contributed by atoms with Crippen molar-refractivity contribution in [1.82, 2.24) is 0 Å². The number of rotatable bonds is 0. The van der Waals surface area contributed by atoms with E-state index in [1.165, 1.54) is 5.75 Å². The van der Waals surface area contributed by atoms with Crippen LogP contribution in [0.25, 0.3) is 0 Å². The van der Waals surface area contributed by atoms with E-state index < -0.39 is 0 Å². The summed E-state index contributed by atoms with van der Waals surface area (Å²) in [4.78, 5) is 0. The molecule has 0 amide bonds. The Bertz CT molecular complexity index is 151. The average Bonchev–Trinajstić information content (AvgIpc) is 1.85. The Labute approximate surface area is 57.0 Å². The highest BCUT2D eigenvalue weighted by Crippen LogP contribution is 1.98. The second-order valence-corrected chi connectivity index (χ2v) is 4.76. The molecule has 0 saturated carbocycles. The molecule has 0 aromatic heterocycles. The summed E-state index contributed by atoms with van der Waals surface area (Å²) in [6.45, 7) is 2.20. The molecular formula is C5H10NS2+. The van der Waals surface area contributed by atoms with E-state index in [4.69, 9.17) is 11.2 Å². The molecule has 0 spiro atoms. The molecule has 1 nitrogen and oxygen atoms in total. The fourth-order valence-electron chi connectivity index (χ4n) is 0.688. The van der Waals surface area contributed by atoms with Gasteiger partial charge in [0.05, 0.1) is 5.75 Å². The SMILES string of the molecule is CC1CS(=S)C=[N+]1C. The molecule has 1 aliphatic rings. The summed E-state index contributed by atoms with van der Waals surface area (Å²) >= 11 is 5.09. The molecule has 1 rings (SSSR count). The molecule has 46 valence electrons. The number of nitrogens with zero attached hydrogens (tertiary/aromatic N) is 1. The average molecular weight is 148 g/mol. The lowest BCUT2D eigenvalue weighted by molar-refractivity contribution is -0.518. The van der Waals surface area contributed by atoms with Crippen molar-refractivity contribution >= 4 is 26.2 Å². The molecule has 0 aliphatic carbocycles. The van der Waals surface area contributed by atoms with Crippen molar-refractivity contribution in [1.29, 1.82) is 0 Å². The van der Waals surface area contributed by atoms with E-state index in [1.54, 1.807) is 0 Å². The molecule has 8 heavy (non-hydrogen) atoms. The predicted octanol–water partition coefficient (Wildman–Crippen LogP) is 0.139. The minimum Gasteiger partial charge on any atom is -0.230 e. The van der Waals surface area contributed by atoms with Crippen LogP contribution in [0.1, 0.15) is 6.92 Å². The summed E-state index contributed by atoms with van der Waals surface area (Å²) in [5.74, 6) is 1.17. The van der Waals surface area contributed by atoms with Crippen LogP contribution in [-0.4, -0.2) is 29.0 Å². The molecule has 1 heterocycles. The quantitative estimate of drug-likeness (QED) is 0.442. The predicted molar refractivity (Wildman–Crippen MR) is 41.3 cm³/mol. The van der Waals surface area contributed by atoms with Crippen molar-refractivity contribution in [3.8, 4) is 0 Å². The van der Waals surface area contributed by atoms with Gasteiger partial charge in [-0.05, 0) is 27.6 Å². The van der Waals surface area contributed by atoms with Crippen molar-refractivity contribution in [2.75, 3.05) is 12.8 Å². The maximum absolute atomic E-state index is 5.09. The minimum atomic E-state index is 0.151. The molecule has 0 aromatic rings. The Morgan fingerprint density at radius 3 is 2.62 bits per heavy atom. The molecule has 0 bridgehead atoms. The summed E-state index contributed by atoms with van der Waals surface area (Å²) < 4.78 is 2.20. The molecule has 0 fully saturated rings. The van der Waals surface area contributed by atoms with E-state index in [1.807, 2.05) is 0 Å². The van der Waals surface area contributed by atoms with Crippen LogP contribution in [-0.2, 0) is 20.6 Å². The monoisotopic (exact) mass is 148 g/mol. The van der Waals surface area contributed by atoms with Crippen LogP contribution < -0.4 is 0 Å². The first kappa shape index (κ1) is 6.36. The van der Waals surface area contributed by atoms with E-state index in [-0.39, 0.29) is 9.45 Å². The maximum Gasteiger partial charge on any atom is 0.202 e. The second kappa shape index (κ2) is 2.23. The summed E-state index contributed by atoms with van der Waals surface area (Å²) in [5.41, 5.74) is 2.14. The topological polar surface area (TPSA) is 3.01 Å². The molecule has 1 aliphatic heterocycles. The van der Waals surface area contributed by atoms with Gasteiger partial charge in [0.1, 0.15) is 7.05 Å². The molecule has 0 aromatic carbocycles. The van der Waals surface area contributed by atoms with Crippen molar-refractivity contribution in [2.45, 2.75) is 13.0 Å². The van der Waals surface area contributed by atoms with Gasteiger partial charge in [-0.25, -0.2) is 4.58 Å². The summed E-state index contributed by atoms with van der Waals surface area (Å²) in [5, 5.41) is 0. The van der Waals surface area contributed by atoms with Crippen LogP contribution in [0.2, 0.25) is 0 Å². The summed E-state index contributed by atoms with van der Waals surface area (Å²) in [6.07, 6.45) is 0. The zero-order valence-electron chi connectivity index (χ0n) is 5.13. The van der Waals surface area contributed by atoms with Gasteiger partial charge in [0, 0.05) is 0 Å². The van der Waals surface area contributed by atoms with Gasteiger partial charge in [-0.1, -0.05) is 0 Å². The molecule has 0 N–H and O–H groups in total. The molecule has 0 saturated heterocycles. The molecule has 2 atom stereocenters. The normalized spacial score (nSPS) is 37.5. The summed E-state index contributed by atoms with van der Waals surface area (Å²) in [7, 11) is 2.24. The first-order valence-electron chi connectivity index (χ1n) is 2.64. The lowest BCUT2D eigenvalue weighted by Crippen LogP contribution is -2.15. The van der Waals surface area contributed by atoms with Gasteiger partial charge in [-0.2, -0.15) is 0 Å². The number of hydrogen-bond donors (Lipinski definition) is 0. The van der Waals surface area contributed by atoms with Gasteiger partial charge in [0.2, 0.25) is 5.55 Å². The Morgan fingerprint density at radius 1 is 1.88 bits per heavy atom. The lowest BCUT2D eigenvalue weighted by atomic mass is 10.4. The van der Waals surface area contributed by atoms with Crippen LogP contribution >= 0.6 is 0 Å². The van der Waals surface area contributed by atoms with Crippen LogP contribution in [0.4, 0.5) is 0 Å². The van der Waals surface area contributed by atoms with Gasteiger partial charge in [-0.15, -0.1) is 0 Å².